The Morgan fingerprint density at radius 1 is 0.905 bits per heavy atom. The van der Waals surface area contributed by atoms with Crippen LogP contribution < -0.4 is 33.6 Å². The zero-order chi connectivity index (χ0) is 31.1. The van der Waals surface area contributed by atoms with Gasteiger partial charge in [0.25, 0.3) is 0 Å². The molecule has 1 saturated carbocycles. The van der Waals surface area contributed by atoms with Gasteiger partial charge in [0.2, 0.25) is 5.91 Å². The van der Waals surface area contributed by atoms with E-state index in [0.29, 0.717) is 0 Å². The molecule has 2 aliphatic heterocycles. The Kier molecular flexibility index (Phi) is 13.6. The second kappa shape index (κ2) is 16.2. The molecule has 3 aliphatic rings. The van der Waals surface area contributed by atoms with Crippen molar-refractivity contribution in [2.45, 2.75) is 111 Å². The summed E-state index contributed by atoms with van der Waals surface area (Å²) in [6.45, 7) is -0.262. The molecule has 18 heteroatoms. The fourth-order valence-electron chi connectivity index (χ4n) is 5.39. The third kappa shape index (κ3) is 8.51. The summed E-state index contributed by atoms with van der Waals surface area (Å²) in [5.41, 5.74) is 23.9. The first-order chi connectivity index (χ1) is 19.9. The number of ether oxygens (including phenoxy) is 4. The lowest BCUT2D eigenvalue weighted by Crippen LogP contribution is -2.69. The maximum absolute atomic E-state index is 12.7. The highest BCUT2D eigenvalue weighted by molar-refractivity contribution is 5.80. The second-order valence-corrected chi connectivity index (χ2v) is 11.0. The summed E-state index contributed by atoms with van der Waals surface area (Å²) in [7, 11) is 0. The number of aliphatic hydroxyl groups is 7. The number of hydrogen-bond donors (Lipinski definition) is 13. The van der Waals surface area contributed by atoms with Crippen LogP contribution in [0.2, 0.25) is 0 Å². The first kappa shape index (κ1) is 35.3. The molecular formula is C24H48N6O12. The molecule has 17 N–H and O–H groups in total. The van der Waals surface area contributed by atoms with Gasteiger partial charge in [-0.2, -0.15) is 0 Å². The van der Waals surface area contributed by atoms with Crippen LogP contribution in [0.15, 0.2) is 0 Å². The van der Waals surface area contributed by atoms with Crippen LogP contribution in [0, 0.1) is 0 Å². The van der Waals surface area contributed by atoms with E-state index in [4.69, 9.17) is 47.0 Å². The van der Waals surface area contributed by atoms with Gasteiger partial charge in [0, 0.05) is 19.1 Å². The zero-order valence-electron chi connectivity index (χ0n) is 23.3. The normalized spacial score (nSPS) is 43.6. The lowest BCUT2D eigenvalue weighted by molar-refractivity contribution is -0.316. The minimum Gasteiger partial charge on any atom is -0.395 e. The Bertz CT molecular complexity index is 835. The summed E-state index contributed by atoms with van der Waals surface area (Å²) in [5.74, 6) is -0.798. The number of hydrogen-bond acceptors (Lipinski definition) is 17. The van der Waals surface area contributed by atoms with Crippen molar-refractivity contribution in [3.05, 3.63) is 0 Å². The van der Waals surface area contributed by atoms with Gasteiger partial charge in [-0.3, -0.25) is 4.79 Å². The topological polar surface area (TPSA) is 324 Å². The highest BCUT2D eigenvalue weighted by Crippen LogP contribution is 2.31. The van der Waals surface area contributed by atoms with Crippen LogP contribution in [-0.2, 0) is 23.7 Å². The van der Waals surface area contributed by atoms with Gasteiger partial charge in [-0.1, -0.05) is 0 Å². The minimum atomic E-state index is -1.59. The SMILES string of the molecule is NCCC(O)C(=O)N[C@@H]1C[C@H](N)[C@@H](O[C@H]2O[C@H](CNCCO)[C@@H](O)C[C@H]2N)[C@H](O)[C@H]1O[C@H]1O[C@H](CO)[C@@H](O)[C@H](N)[C@H]1O. The molecule has 0 aromatic heterocycles. The summed E-state index contributed by atoms with van der Waals surface area (Å²) < 4.78 is 23.3. The number of aliphatic hydroxyl groups excluding tert-OH is 7. The van der Waals surface area contributed by atoms with Gasteiger partial charge >= 0.3 is 0 Å². The molecule has 1 unspecified atom stereocenters. The molecule has 246 valence electrons. The summed E-state index contributed by atoms with van der Waals surface area (Å²) in [5, 5.41) is 76.9. The summed E-state index contributed by atoms with van der Waals surface area (Å²) >= 11 is 0. The lowest BCUT2D eigenvalue weighted by Gasteiger charge is -2.48. The Labute approximate surface area is 243 Å². The van der Waals surface area contributed by atoms with Gasteiger partial charge in [-0.05, 0) is 25.8 Å². The van der Waals surface area contributed by atoms with Crippen molar-refractivity contribution >= 4 is 5.91 Å². The predicted octanol–water partition coefficient (Wildman–Crippen LogP) is -7.81. The zero-order valence-corrected chi connectivity index (χ0v) is 23.3. The van der Waals surface area contributed by atoms with E-state index in [1.54, 1.807) is 0 Å². The Balaban J connectivity index is 1.81. The highest BCUT2D eigenvalue weighted by Gasteiger charge is 2.51. The van der Waals surface area contributed by atoms with Crippen LogP contribution in [0.3, 0.4) is 0 Å². The van der Waals surface area contributed by atoms with E-state index < -0.39 is 104 Å². The molecule has 0 aromatic carbocycles. The summed E-state index contributed by atoms with van der Waals surface area (Å²) in [4.78, 5) is 12.7. The van der Waals surface area contributed by atoms with Crippen LogP contribution in [0.4, 0.5) is 0 Å². The van der Waals surface area contributed by atoms with Crippen molar-refractivity contribution in [1.82, 2.24) is 10.6 Å². The van der Waals surface area contributed by atoms with Gasteiger partial charge in [-0.25, -0.2) is 0 Å². The number of carbonyl (C=O) groups is 1. The van der Waals surface area contributed by atoms with E-state index in [2.05, 4.69) is 10.6 Å². The summed E-state index contributed by atoms with van der Waals surface area (Å²) in [6.07, 6.45) is -14.1. The van der Waals surface area contributed by atoms with Crippen LogP contribution in [0.25, 0.3) is 0 Å². The van der Waals surface area contributed by atoms with Crippen molar-refractivity contribution in [1.29, 1.82) is 0 Å². The van der Waals surface area contributed by atoms with Crippen LogP contribution in [0.5, 0.6) is 0 Å². The maximum atomic E-state index is 12.7. The standard InChI is InChI=1S/C24H48N6O12/c25-2-1-12(33)22(38)30-11-5-9(26)20(41-23-10(27)6-13(34)14(39-23)7-29-3-4-31)19(37)21(11)42-24-18(36)16(28)17(35)15(8-32)40-24/h9-21,23-24,29,31-37H,1-8,25-28H2,(H,30,38)/t9-,10+,11+,12?,13-,14+,15+,16-,17+,18+,19-,20+,21-,23+,24+/m0/s1. The number of rotatable bonds is 13. The van der Waals surface area contributed by atoms with Crippen LogP contribution in [0.1, 0.15) is 19.3 Å². The fourth-order valence-corrected chi connectivity index (χ4v) is 5.39. The van der Waals surface area contributed by atoms with E-state index in [1.165, 1.54) is 0 Å². The molecule has 0 aromatic rings. The Hall–Kier alpha value is -1.17. The maximum Gasteiger partial charge on any atom is 0.249 e. The predicted molar refractivity (Wildman–Crippen MR) is 143 cm³/mol. The molecular weight excluding hydrogens is 564 g/mol. The number of nitrogens with one attached hydrogen (secondary N) is 2. The third-order valence-corrected chi connectivity index (χ3v) is 7.84. The molecule has 1 aliphatic carbocycles. The van der Waals surface area contributed by atoms with Crippen LogP contribution in [-0.4, -0.2) is 166 Å². The molecule has 3 rings (SSSR count). The van der Waals surface area contributed by atoms with E-state index in [9.17, 15) is 35.4 Å². The number of amides is 1. The van der Waals surface area contributed by atoms with Crippen molar-refractivity contribution < 1.29 is 59.5 Å². The van der Waals surface area contributed by atoms with Gasteiger partial charge in [0.15, 0.2) is 12.6 Å². The van der Waals surface area contributed by atoms with E-state index in [1.807, 2.05) is 0 Å². The first-order valence-corrected chi connectivity index (χ1v) is 14.1. The molecule has 18 nitrogen and oxygen atoms in total. The highest BCUT2D eigenvalue weighted by atomic mass is 16.7. The first-order valence-electron chi connectivity index (χ1n) is 14.1. The monoisotopic (exact) mass is 612 g/mol. The Morgan fingerprint density at radius 2 is 1.57 bits per heavy atom. The molecule has 3 fully saturated rings. The Morgan fingerprint density at radius 3 is 2.21 bits per heavy atom. The van der Waals surface area contributed by atoms with Crippen molar-refractivity contribution in [3.63, 3.8) is 0 Å². The van der Waals surface area contributed by atoms with E-state index in [0.717, 1.165) is 0 Å². The molecule has 2 heterocycles. The molecule has 2 saturated heterocycles. The molecule has 0 spiro atoms. The van der Waals surface area contributed by atoms with Crippen molar-refractivity contribution in [2.24, 2.45) is 22.9 Å². The van der Waals surface area contributed by atoms with E-state index in [-0.39, 0.29) is 45.5 Å². The molecule has 1 amide bonds. The fraction of sp³-hybridized carbons (Fsp3) is 0.958. The quantitative estimate of drug-likeness (QED) is 0.0858. The molecule has 15 atom stereocenters. The minimum absolute atomic E-state index is 0.0309. The van der Waals surface area contributed by atoms with Crippen LogP contribution >= 0.6 is 0 Å². The second-order valence-electron chi connectivity index (χ2n) is 11.0. The third-order valence-electron chi connectivity index (χ3n) is 7.84. The average molecular weight is 613 g/mol. The van der Waals surface area contributed by atoms with Gasteiger partial charge in [0.05, 0.1) is 43.5 Å². The van der Waals surface area contributed by atoms with Gasteiger partial charge < -0.3 is 88.3 Å². The summed E-state index contributed by atoms with van der Waals surface area (Å²) in [6, 6.07) is -4.02. The smallest absolute Gasteiger partial charge is 0.249 e. The molecule has 0 bridgehead atoms. The number of nitrogens with two attached hydrogens (primary N) is 4. The van der Waals surface area contributed by atoms with Crippen molar-refractivity contribution in [3.8, 4) is 0 Å². The van der Waals surface area contributed by atoms with Crippen molar-refractivity contribution in [2.75, 3.05) is 32.8 Å². The largest absolute Gasteiger partial charge is 0.395 e. The molecule has 42 heavy (non-hydrogen) atoms. The van der Waals surface area contributed by atoms with Gasteiger partial charge in [-0.15, -0.1) is 0 Å². The average Bonchev–Trinajstić information content (AvgIpc) is 2.95. The lowest BCUT2D eigenvalue weighted by atomic mass is 9.83. The van der Waals surface area contributed by atoms with Gasteiger partial charge in [0.1, 0.15) is 42.7 Å². The number of carbonyl (C=O) groups excluding carboxylic acids is 1. The van der Waals surface area contributed by atoms with E-state index >= 15 is 0 Å². The molecule has 0 radical (unpaired) electrons.